The number of nitrogens with zero attached hydrogens (tertiary/aromatic N) is 4. The molecule has 2 rings (SSSR count). The molecule has 2 heterocycles. The van der Waals surface area contributed by atoms with Crippen molar-refractivity contribution in [2.45, 2.75) is 6.92 Å². The van der Waals surface area contributed by atoms with Gasteiger partial charge in [0.25, 0.3) is 0 Å². The third-order valence-electron chi connectivity index (χ3n) is 1.98. The average molecular weight is 202 g/mol. The molecule has 5 nitrogen and oxygen atoms in total. The summed E-state index contributed by atoms with van der Waals surface area (Å²) in [4.78, 5) is 19.9. The molecular formula is C10H10N4O. The van der Waals surface area contributed by atoms with Crippen molar-refractivity contribution in [1.82, 2.24) is 19.7 Å². The Bertz CT molecular complexity index is 486. The molecule has 5 heteroatoms. The van der Waals surface area contributed by atoms with E-state index in [0.29, 0.717) is 11.3 Å². The molecule has 0 unspecified atom stereocenters. The van der Waals surface area contributed by atoms with Crippen LogP contribution in [0.5, 0.6) is 0 Å². The summed E-state index contributed by atoms with van der Waals surface area (Å²) < 4.78 is 1.58. The molecular weight excluding hydrogens is 192 g/mol. The highest BCUT2D eigenvalue weighted by atomic mass is 16.1. The molecule has 0 spiro atoms. The number of rotatable bonds is 2. The van der Waals surface area contributed by atoms with E-state index in [9.17, 15) is 4.79 Å². The highest BCUT2D eigenvalue weighted by Crippen LogP contribution is 2.05. The van der Waals surface area contributed by atoms with Crippen LogP contribution >= 0.6 is 0 Å². The Kier molecular flexibility index (Phi) is 2.29. The number of aryl methyl sites for hydroxylation is 2. The normalized spacial score (nSPS) is 10.3. The summed E-state index contributed by atoms with van der Waals surface area (Å²) >= 11 is 0. The quantitative estimate of drug-likeness (QED) is 0.674. The first-order chi connectivity index (χ1) is 7.16. The van der Waals surface area contributed by atoms with E-state index in [-0.39, 0.29) is 5.78 Å². The lowest BCUT2D eigenvalue weighted by Crippen LogP contribution is -2.04. The van der Waals surface area contributed by atoms with Gasteiger partial charge in [0.1, 0.15) is 5.69 Å². The van der Waals surface area contributed by atoms with Crippen LogP contribution < -0.4 is 0 Å². The van der Waals surface area contributed by atoms with Crippen molar-refractivity contribution in [3.8, 4) is 0 Å². The molecule has 0 radical (unpaired) electrons. The number of hydrogen-bond donors (Lipinski definition) is 0. The Balaban J connectivity index is 2.32. The molecule has 15 heavy (non-hydrogen) atoms. The van der Waals surface area contributed by atoms with Gasteiger partial charge >= 0.3 is 0 Å². The van der Waals surface area contributed by atoms with Gasteiger partial charge in [-0.2, -0.15) is 5.10 Å². The summed E-state index contributed by atoms with van der Waals surface area (Å²) in [6.45, 7) is 1.82. The topological polar surface area (TPSA) is 60.7 Å². The first-order valence-corrected chi connectivity index (χ1v) is 4.49. The summed E-state index contributed by atoms with van der Waals surface area (Å²) in [5.74, 6) is -0.157. The van der Waals surface area contributed by atoms with Crippen molar-refractivity contribution in [2.24, 2.45) is 7.05 Å². The van der Waals surface area contributed by atoms with E-state index in [4.69, 9.17) is 0 Å². The SMILES string of the molecule is Cc1cnc(C(=O)c2cnn(C)c2)cn1. The molecule has 0 amide bonds. The third-order valence-corrected chi connectivity index (χ3v) is 1.98. The first-order valence-electron chi connectivity index (χ1n) is 4.49. The second-order valence-corrected chi connectivity index (χ2v) is 3.27. The molecule has 0 atom stereocenters. The fraction of sp³-hybridized carbons (Fsp3) is 0.200. The standard InChI is InChI=1S/C10H10N4O/c1-7-3-12-9(5-11-7)10(15)8-4-13-14(2)6-8/h3-6H,1-2H3. The minimum absolute atomic E-state index is 0.157. The minimum atomic E-state index is -0.157. The van der Waals surface area contributed by atoms with Crippen molar-refractivity contribution >= 4 is 5.78 Å². The lowest BCUT2D eigenvalue weighted by molar-refractivity contribution is 0.103. The second-order valence-electron chi connectivity index (χ2n) is 3.27. The van der Waals surface area contributed by atoms with E-state index >= 15 is 0 Å². The maximum absolute atomic E-state index is 11.8. The molecule has 0 saturated heterocycles. The van der Waals surface area contributed by atoms with Crippen LogP contribution in [-0.4, -0.2) is 25.5 Å². The predicted molar refractivity (Wildman–Crippen MR) is 53.4 cm³/mol. The summed E-state index contributed by atoms with van der Waals surface area (Å²) in [5, 5.41) is 3.93. The lowest BCUT2D eigenvalue weighted by Gasteiger charge is -1.96. The summed E-state index contributed by atoms with van der Waals surface area (Å²) in [7, 11) is 1.76. The number of ketones is 1. The van der Waals surface area contributed by atoms with Gasteiger partial charge < -0.3 is 0 Å². The maximum Gasteiger partial charge on any atom is 0.216 e. The smallest absolute Gasteiger partial charge is 0.216 e. The Morgan fingerprint density at radius 3 is 2.60 bits per heavy atom. The van der Waals surface area contributed by atoms with Gasteiger partial charge in [0.15, 0.2) is 0 Å². The van der Waals surface area contributed by atoms with Crippen molar-refractivity contribution < 1.29 is 4.79 Å². The Hall–Kier alpha value is -2.04. The van der Waals surface area contributed by atoms with E-state index < -0.39 is 0 Å². The minimum Gasteiger partial charge on any atom is -0.287 e. The van der Waals surface area contributed by atoms with Crippen molar-refractivity contribution in [3.05, 3.63) is 41.7 Å². The van der Waals surface area contributed by atoms with E-state index in [1.54, 1.807) is 24.1 Å². The van der Waals surface area contributed by atoms with Crippen LogP contribution in [0.15, 0.2) is 24.8 Å². The van der Waals surface area contributed by atoms with Gasteiger partial charge in [0.05, 0.1) is 23.7 Å². The zero-order valence-electron chi connectivity index (χ0n) is 8.51. The zero-order valence-corrected chi connectivity index (χ0v) is 8.51. The number of hydrogen-bond acceptors (Lipinski definition) is 4. The van der Waals surface area contributed by atoms with E-state index in [1.165, 1.54) is 12.4 Å². The van der Waals surface area contributed by atoms with Gasteiger partial charge in [-0.1, -0.05) is 0 Å². The van der Waals surface area contributed by atoms with Crippen molar-refractivity contribution in [2.75, 3.05) is 0 Å². The fourth-order valence-electron chi connectivity index (χ4n) is 1.20. The molecule has 0 saturated carbocycles. The van der Waals surface area contributed by atoms with Crippen LogP contribution in [0.25, 0.3) is 0 Å². The maximum atomic E-state index is 11.8. The molecule has 76 valence electrons. The van der Waals surface area contributed by atoms with E-state index in [1.807, 2.05) is 6.92 Å². The van der Waals surface area contributed by atoms with Crippen LogP contribution in [0.4, 0.5) is 0 Å². The lowest BCUT2D eigenvalue weighted by atomic mass is 10.2. The Labute approximate surface area is 86.8 Å². The van der Waals surface area contributed by atoms with E-state index in [0.717, 1.165) is 5.69 Å². The summed E-state index contributed by atoms with van der Waals surface area (Å²) in [6.07, 6.45) is 6.22. The first kappa shape index (κ1) is 9.51. The highest BCUT2D eigenvalue weighted by Gasteiger charge is 2.12. The van der Waals surface area contributed by atoms with Gasteiger partial charge in [0.2, 0.25) is 5.78 Å². The summed E-state index contributed by atoms with van der Waals surface area (Å²) in [6, 6.07) is 0. The molecule has 2 aromatic rings. The van der Waals surface area contributed by atoms with Crippen molar-refractivity contribution in [1.29, 1.82) is 0 Å². The number of carbonyl (C=O) groups excluding carboxylic acids is 1. The van der Waals surface area contributed by atoms with Gasteiger partial charge in [-0.15, -0.1) is 0 Å². The zero-order chi connectivity index (χ0) is 10.8. The Morgan fingerprint density at radius 1 is 1.27 bits per heavy atom. The fourth-order valence-corrected chi connectivity index (χ4v) is 1.20. The molecule has 0 fully saturated rings. The van der Waals surface area contributed by atoms with Crippen LogP contribution in [0, 0.1) is 6.92 Å². The molecule has 0 N–H and O–H groups in total. The molecule has 0 bridgehead atoms. The number of aromatic nitrogens is 4. The number of carbonyl (C=O) groups is 1. The largest absolute Gasteiger partial charge is 0.287 e. The second kappa shape index (κ2) is 3.61. The van der Waals surface area contributed by atoms with Crippen LogP contribution in [0.3, 0.4) is 0 Å². The molecule has 0 aromatic carbocycles. The molecule has 0 aliphatic heterocycles. The monoisotopic (exact) mass is 202 g/mol. The van der Waals surface area contributed by atoms with Crippen LogP contribution in [0.1, 0.15) is 21.7 Å². The molecule has 0 aliphatic carbocycles. The molecule has 2 aromatic heterocycles. The molecule has 0 aliphatic rings. The average Bonchev–Trinajstić information content (AvgIpc) is 2.65. The third kappa shape index (κ3) is 1.90. The van der Waals surface area contributed by atoms with Gasteiger partial charge in [-0.05, 0) is 6.92 Å². The highest BCUT2D eigenvalue weighted by molar-refractivity contribution is 6.07. The van der Waals surface area contributed by atoms with Gasteiger partial charge in [-0.25, -0.2) is 4.98 Å². The van der Waals surface area contributed by atoms with Crippen LogP contribution in [0.2, 0.25) is 0 Å². The summed E-state index contributed by atoms with van der Waals surface area (Å²) in [5.41, 5.74) is 1.65. The predicted octanol–water partition coefficient (Wildman–Crippen LogP) is 0.750. The Morgan fingerprint density at radius 2 is 2.07 bits per heavy atom. The van der Waals surface area contributed by atoms with Crippen LogP contribution in [-0.2, 0) is 7.05 Å². The van der Waals surface area contributed by atoms with Crippen molar-refractivity contribution in [3.63, 3.8) is 0 Å². The van der Waals surface area contributed by atoms with Gasteiger partial charge in [-0.3, -0.25) is 14.5 Å². The van der Waals surface area contributed by atoms with Gasteiger partial charge in [0, 0.05) is 19.4 Å². The van der Waals surface area contributed by atoms with E-state index in [2.05, 4.69) is 15.1 Å².